The van der Waals surface area contributed by atoms with Gasteiger partial charge < -0.3 is 9.84 Å². The molecule has 0 fully saturated rings. The molecule has 0 unspecified atom stereocenters. The van der Waals surface area contributed by atoms with E-state index in [2.05, 4.69) is 34.7 Å². The molecule has 2 N–H and O–H groups in total. The quantitative estimate of drug-likeness (QED) is 0.441. The molecule has 7 nitrogen and oxygen atoms in total. The minimum absolute atomic E-state index is 0.00705. The Hall–Kier alpha value is -4.39. The van der Waals surface area contributed by atoms with Crippen LogP contribution in [0.4, 0.5) is 10.5 Å². The van der Waals surface area contributed by atoms with Crippen LogP contribution in [0.15, 0.2) is 85.2 Å². The fourth-order valence-corrected chi connectivity index (χ4v) is 4.26. The van der Waals surface area contributed by atoms with Gasteiger partial charge >= 0.3 is 12.1 Å². The Kier molecular flexibility index (Phi) is 5.36. The summed E-state index contributed by atoms with van der Waals surface area (Å²) in [5, 5.41) is 16.1. The van der Waals surface area contributed by atoms with Crippen LogP contribution in [0.1, 0.15) is 33.0 Å². The lowest BCUT2D eigenvalue weighted by atomic mass is 9.98. The maximum absolute atomic E-state index is 12.4. The molecule has 0 bridgehead atoms. The van der Waals surface area contributed by atoms with Crippen molar-refractivity contribution < 1.29 is 19.4 Å². The predicted molar refractivity (Wildman–Crippen MR) is 123 cm³/mol. The first-order chi connectivity index (χ1) is 16.1. The summed E-state index contributed by atoms with van der Waals surface area (Å²) in [5.41, 5.74) is 6.18. The largest absolute Gasteiger partial charge is 0.478 e. The van der Waals surface area contributed by atoms with Crippen molar-refractivity contribution in [2.75, 3.05) is 11.9 Å². The third-order valence-electron chi connectivity index (χ3n) is 5.74. The van der Waals surface area contributed by atoms with Crippen LogP contribution in [-0.4, -0.2) is 33.6 Å². The highest BCUT2D eigenvalue weighted by Crippen LogP contribution is 2.44. The molecule has 33 heavy (non-hydrogen) atoms. The summed E-state index contributed by atoms with van der Waals surface area (Å²) in [6, 6.07) is 23.0. The van der Waals surface area contributed by atoms with Crippen LogP contribution in [0.25, 0.3) is 11.1 Å². The highest BCUT2D eigenvalue weighted by Gasteiger charge is 2.29. The fourth-order valence-electron chi connectivity index (χ4n) is 4.26. The number of carbonyl (C=O) groups is 2. The van der Waals surface area contributed by atoms with Gasteiger partial charge in [-0.1, -0.05) is 60.7 Å². The molecule has 0 saturated heterocycles. The number of hydrogen-bond acceptors (Lipinski definition) is 4. The Balaban J connectivity index is 1.22. The number of anilines is 1. The van der Waals surface area contributed by atoms with Gasteiger partial charge in [-0.05, 0) is 39.9 Å². The zero-order valence-corrected chi connectivity index (χ0v) is 17.6. The predicted octanol–water partition coefficient (Wildman–Crippen LogP) is 4.99. The number of nitrogens with one attached hydrogen (secondary N) is 1. The van der Waals surface area contributed by atoms with E-state index in [9.17, 15) is 9.59 Å². The van der Waals surface area contributed by atoms with Crippen LogP contribution in [0.5, 0.6) is 0 Å². The van der Waals surface area contributed by atoms with Crippen LogP contribution in [0.2, 0.25) is 0 Å². The van der Waals surface area contributed by atoms with Gasteiger partial charge in [0.15, 0.2) is 0 Å². The first kappa shape index (κ1) is 20.5. The number of benzene rings is 3. The second kappa shape index (κ2) is 8.63. The maximum Gasteiger partial charge on any atom is 0.411 e. The lowest BCUT2D eigenvalue weighted by molar-refractivity contribution is 0.0696. The number of carbonyl (C=O) groups excluding carboxylic acids is 1. The number of carboxylic acid groups (broad SMARTS) is 1. The average Bonchev–Trinajstić information content (AvgIpc) is 3.39. The lowest BCUT2D eigenvalue weighted by Crippen LogP contribution is -2.17. The van der Waals surface area contributed by atoms with Crippen molar-refractivity contribution in [2.45, 2.75) is 12.5 Å². The van der Waals surface area contributed by atoms with Crippen LogP contribution in [0, 0.1) is 0 Å². The summed E-state index contributed by atoms with van der Waals surface area (Å²) in [5.74, 6) is -0.984. The van der Waals surface area contributed by atoms with Crippen molar-refractivity contribution in [3.63, 3.8) is 0 Å². The number of carboxylic acids is 1. The van der Waals surface area contributed by atoms with Crippen molar-refractivity contribution in [1.29, 1.82) is 0 Å². The monoisotopic (exact) mass is 439 g/mol. The van der Waals surface area contributed by atoms with Gasteiger partial charge in [0.05, 0.1) is 24.0 Å². The van der Waals surface area contributed by atoms with Gasteiger partial charge in [0.1, 0.15) is 6.61 Å². The number of rotatable bonds is 6. The minimum atomic E-state index is -0.977. The molecule has 1 aromatic heterocycles. The van der Waals surface area contributed by atoms with E-state index in [1.54, 1.807) is 29.1 Å². The van der Waals surface area contributed by atoms with E-state index in [0.29, 0.717) is 12.2 Å². The molecule has 7 heteroatoms. The minimum Gasteiger partial charge on any atom is -0.478 e. The van der Waals surface area contributed by atoms with E-state index < -0.39 is 12.1 Å². The third-order valence-corrected chi connectivity index (χ3v) is 5.74. The highest BCUT2D eigenvalue weighted by atomic mass is 16.5. The van der Waals surface area contributed by atoms with Crippen LogP contribution < -0.4 is 5.32 Å². The smallest absolute Gasteiger partial charge is 0.411 e. The number of ether oxygens (including phenoxy) is 1. The number of fused-ring (bicyclic) bond motifs is 3. The SMILES string of the molecule is O=C(Nc1cnn(Cc2cccc(C(=O)O)c2)c1)OCC1c2ccccc2-c2ccccc21. The van der Waals surface area contributed by atoms with Crippen LogP contribution >= 0.6 is 0 Å². The van der Waals surface area contributed by atoms with Gasteiger partial charge in [-0.2, -0.15) is 5.10 Å². The van der Waals surface area contributed by atoms with Crippen LogP contribution in [0.3, 0.4) is 0 Å². The Morgan fingerprint density at radius 2 is 1.67 bits per heavy atom. The molecule has 1 aliphatic rings. The van der Waals surface area contributed by atoms with E-state index in [4.69, 9.17) is 9.84 Å². The van der Waals surface area contributed by atoms with Gasteiger partial charge in [-0.3, -0.25) is 10.00 Å². The van der Waals surface area contributed by atoms with E-state index in [-0.39, 0.29) is 18.1 Å². The number of aromatic nitrogens is 2. The van der Waals surface area contributed by atoms with Crippen molar-refractivity contribution in [3.05, 3.63) is 107 Å². The molecule has 3 aromatic carbocycles. The summed E-state index contributed by atoms with van der Waals surface area (Å²) >= 11 is 0. The van der Waals surface area contributed by atoms with Crippen molar-refractivity contribution >= 4 is 17.7 Å². The Bertz CT molecular complexity index is 1300. The summed E-state index contributed by atoms with van der Waals surface area (Å²) in [4.78, 5) is 23.6. The fraction of sp³-hybridized carbons (Fsp3) is 0.115. The molecule has 0 aliphatic heterocycles. The van der Waals surface area contributed by atoms with Gasteiger partial charge in [0.25, 0.3) is 0 Å². The molecule has 4 aromatic rings. The number of aromatic carboxylic acids is 1. The molecule has 1 amide bonds. The van der Waals surface area contributed by atoms with E-state index in [1.807, 2.05) is 30.3 Å². The molecule has 5 rings (SSSR count). The van der Waals surface area contributed by atoms with Gasteiger partial charge in [0, 0.05) is 12.1 Å². The van der Waals surface area contributed by atoms with Gasteiger partial charge in [-0.15, -0.1) is 0 Å². The molecular weight excluding hydrogens is 418 g/mol. The molecule has 164 valence electrons. The Morgan fingerprint density at radius 1 is 0.970 bits per heavy atom. The van der Waals surface area contributed by atoms with Gasteiger partial charge in [0.2, 0.25) is 0 Å². The van der Waals surface area contributed by atoms with Gasteiger partial charge in [-0.25, -0.2) is 9.59 Å². The third kappa shape index (κ3) is 4.21. The Labute approximate surface area is 190 Å². The van der Waals surface area contributed by atoms with E-state index >= 15 is 0 Å². The number of nitrogens with zero attached hydrogens (tertiary/aromatic N) is 2. The maximum atomic E-state index is 12.4. The highest BCUT2D eigenvalue weighted by molar-refractivity contribution is 5.87. The van der Waals surface area contributed by atoms with E-state index in [0.717, 1.165) is 16.7 Å². The zero-order chi connectivity index (χ0) is 22.8. The Morgan fingerprint density at radius 3 is 2.36 bits per heavy atom. The topological polar surface area (TPSA) is 93.5 Å². The lowest BCUT2D eigenvalue weighted by Gasteiger charge is -2.14. The summed E-state index contributed by atoms with van der Waals surface area (Å²) in [6.45, 7) is 0.615. The number of hydrogen-bond donors (Lipinski definition) is 2. The summed E-state index contributed by atoms with van der Waals surface area (Å²) in [6.07, 6.45) is 2.65. The van der Waals surface area contributed by atoms with Crippen LogP contribution in [-0.2, 0) is 11.3 Å². The second-order valence-corrected chi connectivity index (χ2v) is 7.88. The van der Waals surface area contributed by atoms with Crippen molar-refractivity contribution in [2.24, 2.45) is 0 Å². The molecule has 1 heterocycles. The molecule has 0 atom stereocenters. The first-order valence-electron chi connectivity index (χ1n) is 10.5. The molecule has 0 spiro atoms. The number of amides is 1. The molecular formula is C26H21N3O4. The molecule has 0 radical (unpaired) electrons. The summed E-state index contributed by atoms with van der Waals surface area (Å²) < 4.78 is 7.19. The standard InChI is InChI=1S/C26H21N3O4/c30-25(31)18-7-5-6-17(12-18)14-29-15-19(13-27-29)28-26(32)33-16-24-22-10-3-1-8-20(22)21-9-2-4-11-23(21)24/h1-13,15,24H,14,16H2,(H,28,32)(H,30,31). The molecule has 1 aliphatic carbocycles. The normalized spacial score (nSPS) is 12.1. The van der Waals surface area contributed by atoms with Crippen molar-refractivity contribution in [3.8, 4) is 11.1 Å². The van der Waals surface area contributed by atoms with E-state index in [1.165, 1.54) is 17.3 Å². The summed E-state index contributed by atoms with van der Waals surface area (Å²) in [7, 11) is 0. The second-order valence-electron chi connectivity index (χ2n) is 7.88. The first-order valence-corrected chi connectivity index (χ1v) is 10.5. The average molecular weight is 439 g/mol. The zero-order valence-electron chi connectivity index (χ0n) is 17.6. The van der Waals surface area contributed by atoms with Crippen molar-refractivity contribution in [1.82, 2.24) is 9.78 Å². The molecule has 0 saturated carbocycles.